The standard InChI is InChI=1S/C25H41FO2.C2H7NO3S/c1-15(5-6-16(2)27)19-7-8-20-23-21(10-12-25(19,20)4)24(3)11-9-18(28)13-17(24)14-22(23)26;3-1-2-7(4,5)6/h15,17-23,28H,5-14H2,1-4H3;1-3H2,(H,4,5,6). The Bertz CT molecular complexity index is 853. The van der Waals surface area contributed by atoms with Crippen molar-refractivity contribution < 1.29 is 27.3 Å². The molecular formula is C27H48FNO5S. The number of hydrogen-bond donors (Lipinski definition) is 3. The van der Waals surface area contributed by atoms with Crippen LogP contribution in [0.5, 0.6) is 0 Å². The van der Waals surface area contributed by atoms with Crippen LogP contribution in [0, 0.1) is 46.3 Å². The van der Waals surface area contributed by atoms with Gasteiger partial charge in [-0.1, -0.05) is 20.8 Å². The number of carbonyl (C=O) groups excluding carboxylic acids is 1. The van der Waals surface area contributed by atoms with Gasteiger partial charge in [-0.25, -0.2) is 4.39 Å². The van der Waals surface area contributed by atoms with Crippen molar-refractivity contribution in [3.05, 3.63) is 0 Å². The van der Waals surface area contributed by atoms with Gasteiger partial charge in [0.05, 0.1) is 11.9 Å². The average molecular weight is 518 g/mol. The van der Waals surface area contributed by atoms with Crippen molar-refractivity contribution in [2.24, 2.45) is 52.1 Å². The van der Waals surface area contributed by atoms with Gasteiger partial charge in [-0.2, -0.15) is 8.42 Å². The topological polar surface area (TPSA) is 118 Å². The van der Waals surface area contributed by atoms with Gasteiger partial charge in [0.2, 0.25) is 0 Å². The molecule has 10 atom stereocenters. The van der Waals surface area contributed by atoms with Crippen LogP contribution in [0.4, 0.5) is 4.39 Å². The minimum absolute atomic E-state index is 0.0289. The monoisotopic (exact) mass is 517 g/mol. The predicted octanol–water partition coefficient (Wildman–Crippen LogP) is 4.79. The third kappa shape index (κ3) is 6.12. The first-order valence-electron chi connectivity index (χ1n) is 13.7. The number of hydrogen-bond acceptors (Lipinski definition) is 5. The first-order chi connectivity index (χ1) is 16.2. The molecule has 8 heteroatoms. The van der Waals surface area contributed by atoms with Crippen molar-refractivity contribution in [3.63, 3.8) is 0 Å². The molecule has 0 saturated heterocycles. The molecule has 0 radical (unpaired) electrons. The third-order valence-corrected chi connectivity index (χ3v) is 11.5. The van der Waals surface area contributed by atoms with Crippen molar-refractivity contribution in [1.29, 1.82) is 0 Å². The van der Waals surface area contributed by atoms with Crippen molar-refractivity contribution in [2.75, 3.05) is 12.3 Å². The summed E-state index contributed by atoms with van der Waals surface area (Å²) in [6.07, 6.45) is 9.03. The van der Waals surface area contributed by atoms with Crippen molar-refractivity contribution in [2.45, 2.75) is 104 Å². The molecule has 0 spiro atoms. The highest BCUT2D eigenvalue weighted by Crippen LogP contribution is 2.68. The number of carbonyl (C=O) groups is 1. The fraction of sp³-hybridized carbons (Fsp3) is 0.963. The Morgan fingerprint density at radius 3 is 2.29 bits per heavy atom. The second-order valence-electron chi connectivity index (χ2n) is 12.7. The van der Waals surface area contributed by atoms with Crippen LogP contribution in [0.25, 0.3) is 0 Å². The Labute approximate surface area is 211 Å². The molecule has 35 heavy (non-hydrogen) atoms. The highest BCUT2D eigenvalue weighted by Gasteiger charge is 2.63. The summed E-state index contributed by atoms with van der Waals surface area (Å²) < 4.78 is 43.0. The number of alkyl halides is 1. The van der Waals surface area contributed by atoms with Gasteiger partial charge in [0.1, 0.15) is 12.0 Å². The van der Waals surface area contributed by atoms with E-state index in [4.69, 9.17) is 10.3 Å². The normalized spacial score (nSPS) is 43.7. The van der Waals surface area contributed by atoms with Crippen LogP contribution < -0.4 is 5.73 Å². The largest absolute Gasteiger partial charge is 0.393 e. The van der Waals surface area contributed by atoms with Gasteiger partial charge in [0.15, 0.2) is 0 Å². The first kappa shape index (κ1) is 29.0. The van der Waals surface area contributed by atoms with Gasteiger partial charge < -0.3 is 15.6 Å². The maximum Gasteiger partial charge on any atom is 0.266 e. The van der Waals surface area contributed by atoms with Gasteiger partial charge in [0.25, 0.3) is 10.1 Å². The van der Waals surface area contributed by atoms with Crippen LogP contribution in [0.1, 0.15) is 91.9 Å². The lowest BCUT2D eigenvalue weighted by molar-refractivity contribution is -0.157. The molecule has 6 nitrogen and oxygen atoms in total. The van der Waals surface area contributed by atoms with Gasteiger partial charge in [-0.3, -0.25) is 4.55 Å². The summed E-state index contributed by atoms with van der Waals surface area (Å²) in [5.41, 5.74) is 5.25. The van der Waals surface area contributed by atoms with Crippen LogP contribution in [0.2, 0.25) is 0 Å². The molecule has 0 aromatic heterocycles. The Morgan fingerprint density at radius 1 is 1.09 bits per heavy atom. The summed E-state index contributed by atoms with van der Waals surface area (Å²) in [6.45, 7) is 8.89. The molecule has 4 saturated carbocycles. The number of halogens is 1. The molecule has 0 amide bonds. The number of rotatable bonds is 6. The summed E-state index contributed by atoms with van der Waals surface area (Å²) in [5.74, 6) is 2.74. The second-order valence-corrected chi connectivity index (χ2v) is 14.3. The maximum absolute atomic E-state index is 15.7. The van der Waals surface area contributed by atoms with Crippen LogP contribution >= 0.6 is 0 Å². The summed E-state index contributed by atoms with van der Waals surface area (Å²) >= 11 is 0. The van der Waals surface area contributed by atoms with E-state index >= 15 is 4.39 Å². The molecule has 0 aliphatic heterocycles. The maximum atomic E-state index is 15.7. The van der Waals surface area contributed by atoms with Gasteiger partial charge in [-0.15, -0.1) is 0 Å². The number of nitrogens with two attached hydrogens (primary N) is 1. The molecule has 204 valence electrons. The Morgan fingerprint density at radius 2 is 1.71 bits per heavy atom. The fourth-order valence-electron chi connectivity index (χ4n) is 8.90. The zero-order chi connectivity index (χ0) is 26.2. The van der Waals surface area contributed by atoms with E-state index in [1.165, 1.54) is 19.3 Å². The minimum Gasteiger partial charge on any atom is -0.393 e. The zero-order valence-electron chi connectivity index (χ0n) is 22.1. The minimum atomic E-state index is -3.80. The third-order valence-electron chi connectivity index (χ3n) is 10.7. The Hall–Kier alpha value is -0.570. The number of ketones is 1. The van der Waals surface area contributed by atoms with Crippen LogP contribution in [0.3, 0.4) is 0 Å². The fourth-order valence-corrected chi connectivity index (χ4v) is 9.20. The van der Waals surface area contributed by atoms with E-state index in [2.05, 4.69) is 20.8 Å². The number of Topliss-reactive ketones (excluding diaryl/α,β-unsaturated/α-hetero) is 1. The number of aliphatic hydroxyl groups excluding tert-OH is 1. The van der Waals surface area contributed by atoms with E-state index in [1.807, 2.05) is 0 Å². The molecule has 4 rings (SSSR count). The SMILES string of the molecule is CC(=O)CCC(C)C1CCC2C3C(F)CC4CC(O)CCC4(C)C3CCC12C.NCCS(=O)(=O)O. The predicted molar refractivity (Wildman–Crippen MR) is 136 cm³/mol. The molecule has 0 aromatic rings. The summed E-state index contributed by atoms with van der Waals surface area (Å²) in [4.78, 5) is 11.5. The van der Waals surface area contributed by atoms with Crippen LogP contribution in [0.15, 0.2) is 0 Å². The van der Waals surface area contributed by atoms with Gasteiger partial charge >= 0.3 is 0 Å². The first-order valence-corrected chi connectivity index (χ1v) is 15.3. The lowest BCUT2D eigenvalue weighted by Crippen LogP contribution is -2.57. The van der Waals surface area contributed by atoms with E-state index in [-0.39, 0.29) is 35.1 Å². The summed E-state index contributed by atoms with van der Waals surface area (Å²) in [6, 6.07) is 0. The van der Waals surface area contributed by atoms with Crippen molar-refractivity contribution >= 4 is 15.9 Å². The molecule has 0 aromatic carbocycles. The smallest absolute Gasteiger partial charge is 0.266 e. The quantitative estimate of drug-likeness (QED) is 0.436. The molecule has 10 unspecified atom stereocenters. The second kappa shape index (κ2) is 11.0. The van der Waals surface area contributed by atoms with E-state index in [1.54, 1.807) is 6.92 Å². The molecule has 0 heterocycles. The average Bonchev–Trinajstić information content (AvgIpc) is 3.10. The van der Waals surface area contributed by atoms with E-state index < -0.39 is 16.3 Å². The summed E-state index contributed by atoms with van der Waals surface area (Å²) in [7, 11) is -3.80. The summed E-state index contributed by atoms with van der Waals surface area (Å²) in [5, 5.41) is 10.2. The Balaban J connectivity index is 0.000000429. The number of fused-ring (bicyclic) bond motifs is 5. The van der Waals surface area contributed by atoms with Gasteiger partial charge in [-0.05, 0) is 111 Å². The molecule has 0 bridgehead atoms. The van der Waals surface area contributed by atoms with E-state index in [0.717, 1.165) is 32.1 Å². The van der Waals surface area contributed by atoms with E-state index in [9.17, 15) is 18.3 Å². The lowest BCUT2D eigenvalue weighted by atomic mass is 9.44. The van der Waals surface area contributed by atoms with Crippen molar-refractivity contribution in [3.8, 4) is 0 Å². The molecule has 4 aliphatic rings. The van der Waals surface area contributed by atoms with Gasteiger partial charge in [0, 0.05) is 13.0 Å². The highest BCUT2D eigenvalue weighted by atomic mass is 32.2. The Kier molecular flexibility index (Phi) is 9.15. The number of aliphatic hydroxyl groups is 1. The van der Waals surface area contributed by atoms with Crippen molar-refractivity contribution in [1.82, 2.24) is 0 Å². The zero-order valence-corrected chi connectivity index (χ0v) is 22.9. The lowest BCUT2D eigenvalue weighted by Gasteiger charge is -2.62. The molecule has 4 aliphatic carbocycles. The van der Waals surface area contributed by atoms with Crippen LogP contribution in [-0.2, 0) is 14.9 Å². The molecular weight excluding hydrogens is 469 g/mol. The van der Waals surface area contributed by atoms with Crippen LogP contribution in [-0.4, -0.2) is 48.4 Å². The molecule has 4 fully saturated rings. The van der Waals surface area contributed by atoms with E-state index in [0.29, 0.717) is 48.2 Å². The molecule has 4 N–H and O–H groups in total. The highest BCUT2D eigenvalue weighted by molar-refractivity contribution is 7.85.